The molecule has 0 spiro atoms. The Morgan fingerprint density at radius 3 is 2.87 bits per heavy atom. The van der Waals surface area contributed by atoms with Crippen LogP contribution in [0.5, 0.6) is 0 Å². The average molecular weight is 352 g/mol. The van der Waals surface area contributed by atoms with Crippen molar-refractivity contribution >= 4 is 35.6 Å². The number of carbonyl (C=O) groups excluding carboxylic acids is 1. The molecule has 1 aliphatic rings. The predicted molar refractivity (Wildman–Crippen MR) is 94.7 cm³/mol. The number of likely N-dealkylation sites (tertiary alicyclic amines) is 1. The fraction of sp³-hybridized carbons (Fsp3) is 0.294. The zero-order valence-electron chi connectivity index (χ0n) is 12.6. The van der Waals surface area contributed by atoms with Crippen molar-refractivity contribution in [3.05, 3.63) is 58.9 Å². The highest BCUT2D eigenvalue weighted by Gasteiger charge is 2.30. The number of hydrogen-bond acceptors (Lipinski definition) is 3. The maximum Gasteiger partial charge on any atom is 0.229 e. The highest BCUT2D eigenvalue weighted by Crippen LogP contribution is 2.33. The number of nitrogen functional groups attached to an aromatic ring is 1. The van der Waals surface area contributed by atoms with Crippen molar-refractivity contribution in [1.82, 2.24) is 9.88 Å². The van der Waals surface area contributed by atoms with E-state index in [1.54, 1.807) is 18.3 Å². The van der Waals surface area contributed by atoms with Gasteiger partial charge in [0.05, 0.1) is 24.3 Å². The van der Waals surface area contributed by atoms with E-state index < -0.39 is 0 Å². The summed E-state index contributed by atoms with van der Waals surface area (Å²) in [6, 6.07) is 11.4. The number of benzene rings is 1. The Labute approximate surface area is 147 Å². The third-order valence-electron chi connectivity index (χ3n) is 3.99. The first kappa shape index (κ1) is 17.6. The second-order valence-corrected chi connectivity index (χ2v) is 6.00. The van der Waals surface area contributed by atoms with E-state index in [0.29, 0.717) is 17.1 Å². The van der Waals surface area contributed by atoms with Crippen LogP contribution in [-0.2, 0) is 11.2 Å². The highest BCUT2D eigenvalue weighted by atomic mass is 35.5. The van der Waals surface area contributed by atoms with Gasteiger partial charge in [0.2, 0.25) is 5.91 Å². The number of pyridine rings is 1. The number of nitrogens with two attached hydrogens (primary N) is 1. The van der Waals surface area contributed by atoms with Crippen LogP contribution in [0.15, 0.2) is 42.6 Å². The van der Waals surface area contributed by atoms with Crippen molar-refractivity contribution in [3.63, 3.8) is 0 Å². The lowest BCUT2D eigenvalue weighted by Crippen LogP contribution is -2.32. The Morgan fingerprint density at radius 1 is 1.35 bits per heavy atom. The van der Waals surface area contributed by atoms with Crippen molar-refractivity contribution < 1.29 is 4.79 Å². The van der Waals surface area contributed by atoms with Crippen LogP contribution in [-0.4, -0.2) is 22.3 Å². The maximum absolute atomic E-state index is 12.6. The van der Waals surface area contributed by atoms with Crippen LogP contribution in [0.2, 0.25) is 5.02 Å². The van der Waals surface area contributed by atoms with Crippen LogP contribution in [0.4, 0.5) is 5.69 Å². The molecule has 1 amide bonds. The maximum atomic E-state index is 12.6. The van der Waals surface area contributed by atoms with Gasteiger partial charge in [-0.1, -0.05) is 23.7 Å². The van der Waals surface area contributed by atoms with E-state index in [1.807, 2.05) is 29.2 Å². The largest absolute Gasteiger partial charge is 0.397 e. The standard InChI is InChI=1S/C17H18ClN3O.ClH/c18-13-4-1-3-12(9-13)16-5-2-8-21(16)17(22)10-15-7-6-14(19)11-20-15;/h1,3-4,6-7,9,11,16H,2,5,8,10,19H2;1H. The number of carbonyl (C=O) groups is 1. The average Bonchev–Trinajstić information content (AvgIpc) is 2.99. The topological polar surface area (TPSA) is 59.2 Å². The van der Waals surface area contributed by atoms with Crippen LogP contribution >= 0.6 is 24.0 Å². The van der Waals surface area contributed by atoms with E-state index in [4.69, 9.17) is 17.3 Å². The van der Waals surface area contributed by atoms with Gasteiger partial charge in [-0.15, -0.1) is 12.4 Å². The Hall–Kier alpha value is -1.78. The Balaban J connectivity index is 0.00000192. The van der Waals surface area contributed by atoms with Gasteiger partial charge < -0.3 is 10.6 Å². The minimum absolute atomic E-state index is 0. The van der Waals surface area contributed by atoms with Crippen LogP contribution in [0, 0.1) is 0 Å². The Kier molecular flexibility index (Phi) is 5.85. The van der Waals surface area contributed by atoms with E-state index >= 15 is 0 Å². The molecule has 2 aromatic rings. The summed E-state index contributed by atoms with van der Waals surface area (Å²) in [5.74, 6) is 0.0970. The third-order valence-corrected chi connectivity index (χ3v) is 4.22. The van der Waals surface area contributed by atoms with Crippen LogP contribution < -0.4 is 5.73 Å². The second kappa shape index (κ2) is 7.66. The molecule has 4 nitrogen and oxygen atoms in total. The molecule has 0 saturated carbocycles. The first-order valence-corrected chi connectivity index (χ1v) is 7.76. The lowest BCUT2D eigenvalue weighted by Gasteiger charge is -2.25. The monoisotopic (exact) mass is 351 g/mol. The molecule has 3 rings (SSSR count). The molecule has 0 bridgehead atoms. The predicted octanol–water partition coefficient (Wildman–Crippen LogP) is 3.65. The highest BCUT2D eigenvalue weighted by molar-refractivity contribution is 6.30. The fourth-order valence-electron chi connectivity index (χ4n) is 2.92. The summed E-state index contributed by atoms with van der Waals surface area (Å²) in [5, 5.41) is 0.706. The van der Waals surface area contributed by atoms with Crippen molar-refractivity contribution in [2.75, 3.05) is 12.3 Å². The summed E-state index contributed by atoms with van der Waals surface area (Å²) < 4.78 is 0. The summed E-state index contributed by atoms with van der Waals surface area (Å²) in [5.41, 5.74) is 8.07. The van der Waals surface area contributed by atoms with Gasteiger partial charge in [-0.05, 0) is 42.7 Å². The lowest BCUT2D eigenvalue weighted by molar-refractivity contribution is -0.131. The Morgan fingerprint density at radius 2 is 2.17 bits per heavy atom. The minimum Gasteiger partial charge on any atom is -0.397 e. The molecule has 2 heterocycles. The summed E-state index contributed by atoms with van der Waals surface area (Å²) >= 11 is 6.07. The number of rotatable bonds is 3. The van der Waals surface area contributed by atoms with Gasteiger partial charge in [0.25, 0.3) is 0 Å². The van der Waals surface area contributed by atoms with E-state index in [2.05, 4.69) is 4.98 Å². The van der Waals surface area contributed by atoms with Crippen LogP contribution in [0.3, 0.4) is 0 Å². The normalized spacial score (nSPS) is 16.9. The minimum atomic E-state index is 0. The Bertz CT molecular complexity index is 676. The first-order valence-electron chi connectivity index (χ1n) is 7.39. The van der Waals surface area contributed by atoms with E-state index in [0.717, 1.165) is 30.6 Å². The van der Waals surface area contributed by atoms with Crippen molar-refractivity contribution in [2.24, 2.45) is 0 Å². The number of hydrogen-bond donors (Lipinski definition) is 1. The molecule has 1 unspecified atom stereocenters. The molecular weight excluding hydrogens is 333 g/mol. The SMILES string of the molecule is Cl.Nc1ccc(CC(=O)N2CCCC2c2cccc(Cl)c2)nc1. The van der Waals surface area contributed by atoms with Crippen LogP contribution in [0.1, 0.15) is 30.1 Å². The van der Waals surface area contributed by atoms with E-state index in [-0.39, 0.29) is 24.4 Å². The zero-order chi connectivity index (χ0) is 15.5. The summed E-state index contributed by atoms with van der Waals surface area (Å²) in [7, 11) is 0. The molecule has 1 saturated heterocycles. The van der Waals surface area contributed by atoms with E-state index in [1.165, 1.54) is 0 Å². The van der Waals surface area contributed by atoms with Gasteiger partial charge >= 0.3 is 0 Å². The van der Waals surface area contributed by atoms with Crippen molar-refractivity contribution in [1.29, 1.82) is 0 Å². The molecule has 6 heteroatoms. The molecule has 1 aromatic heterocycles. The number of amides is 1. The van der Waals surface area contributed by atoms with Gasteiger partial charge in [-0.25, -0.2) is 0 Å². The molecule has 2 N–H and O–H groups in total. The van der Waals surface area contributed by atoms with Gasteiger partial charge in [0.1, 0.15) is 0 Å². The van der Waals surface area contributed by atoms with Crippen LogP contribution in [0.25, 0.3) is 0 Å². The first-order chi connectivity index (χ1) is 10.6. The lowest BCUT2D eigenvalue weighted by atomic mass is 10.0. The molecule has 0 radical (unpaired) electrons. The molecular formula is C17H19Cl2N3O. The number of halogens is 2. The number of aromatic nitrogens is 1. The molecule has 0 aliphatic carbocycles. The number of nitrogens with zero attached hydrogens (tertiary/aromatic N) is 2. The smallest absolute Gasteiger partial charge is 0.229 e. The second-order valence-electron chi connectivity index (χ2n) is 5.56. The van der Waals surface area contributed by atoms with Gasteiger partial charge in [0, 0.05) is 17.3 Å². The third kappa shape index (κ3) is 4.15. The summed E-state index contributed by atoms with van der Waals surface area (Å²) in [6.07, 6.45) is 3.87. The molecule has 1 atom stereocenters. The van der Waals surface area contributed by atoms with E-state index in [9.17, 15) is 4.79 Å². The molecule has 1 aromatic carbocycles. The zero-order valence-corrected chi connectivity index (χ0v) is 14.2. The summed E-state index contributed by atoms with van der Waals surface area (Å²) in [6.45, 7) is 0.783. The van der Waals surface area contributed by atoms with Gasteiger partial charge in [-0.3, -0.25) is 9.78 Å². The van der Waals surface area contributed by atoms with Gasteiger partial charge in [0.15, 0.2) is 0 Å². The molecule has 1 fully saturated rings. The fourth-order valence-corrected chi connectivity index (χ4v) is 3.12. The van der Waals surface area contributed by atoms with Gasteiger partial charge in [-0.2, -0.15) is 0 Å². The molecule has 1 aliphatic heterocycles. The van der Waals surface area contributed by atoms with Crippen molar-refractivity contribution in [3.8, 4) is 0 Å². The summed E-state index contributed by atoms with van der Waals surface area (Å²) in [4.78, 5) is 18.7. The quantitative estimate of drug-likeness (QED) is 0.917. The molecule has 23 heavy (non-hydrogen) atoms. The molecule has 122 valence electrons. The number of anilines is 1. The van der Waals surface area contributed by atoms with Crippen molar-refractivity contribution in [2.45, 2.75) is 25.3 Å².